The van der Waals surface area contributed by atoms with Crippen molar-refractivity contribution in [3.8, 4) is 0 Å². The first-order valence-corrected chi connectivity index (χ1v) is 7.72. The highest BCUT2D eigenvalue weighted by molar-refractivity contribution is 5.78. The van der Waals surface area contributed by atoms with Gasteiger partial charge in [-0.3, -0.25) is 9.69 Å². The molecule has 2 aliphatic rings. The monoisotopic (exact) mass is 288 g/mol. The molecule has 2 N–H and O–H groups in total. The van der Waals surface area contributed by atoms with E-state index in [0.717, 1.165) is 31.9 Å². The minimum absolute atomic E-state index is 0.262. The fourth-order valence-electron chi connectivity index (χ4n) is 2.82. The minimum atomic E-state index is 0.262. The van der Waals surface area contributed by atoms with Crippen molar-refractivity contribution >= 4 is 17.3 Å². The van der Waals surface area contributed by atoms with Gasteiger partial charge in [0.05, 0.1) is 6.54 Å². The summed E-state index contributed by atoms with van der Waals surface area (Å²) in [5, 5.41) is 0. The maximum Gasteiger partial charge on any atom is 0.236 e. The van der Waals surface area contributed by atoms with Crippen LogP contribution in [0.5, 0.6) is 0 Å². The fourth-order valence-corrected chi connectivity index (χ4v) is 2.82. The molecule has 3 rings (SSSR count). The van der Waals surface area contributed by atoms with E-state index in [4.69, 9.17) is 5.73 Å². The Hall–Kier alpha value is -1.75. The van der Waals surface area contributed by atoms with Gasteiger partial charge in [0.2, 0.25) is 5.91 Å². The first-order chi connectivity index (χ1) is 10.1. The molecule has 5 nitrogen and oxygen atoms in total. The maximum atomic E-state index is 12.1. The zero-order chi connectivity index (χ0) is 14.8. The van der Waals surface area contributed by atoms with Crippen molar-refractivity contribution in [2.24, 2.45) is 0 Å². The van der Waals surface area contributed by atoms with Crippen molar-refractivity contribution in [3.63, 3.8) is 0 Å². The van der Waals surface area contributed by atoms with E-state index < -0.39 is 0 Å². The molecule has 21 heavy (non-hydrogen) atoms. The predicted molar refractivity (Wildman–Crippen MR) is 85.3 cm³/mol. The van der Waals surface area contributed by atoms with Crippen LogP contribution in [0.1, 0.15) is 12.8 Å². The number of carbonyl (C=O) groups is 1. The Bertz CT molecular complexity index is 490. The third kappa shape index (κ3) is 3.47. The van der Waals surface area contributed by atoms with Crippen molar-refractivity contribution in [1.82, 2.24) is 9.80 Å². The van der Waals surface area contributed by atoms with Gasteiger partial charge in [-0.25, -0.2) is 0 Å². The van der Waals surface area contributed by atoms with Crippen LogP contribution in [0.3, 0.4) is 0 Å². The molecule has 0 radical (unpaired) electrons. The smallest absolute Gasteiger partial charge is 0.236 e. The number of benzene rings is 1. The van der Waals surface area contributed by atoms with E-state index in [1.54, 1.807) is 0 Å². The fraction of sp³-hybridized carbons (Fsp3) is 0.562. The molecular weight excluding hydrogens is 264 g/mol. The van der Waals surface area contributed by atoms with E-state index in [-0.39, 0.29) is 5.91 Å². The molecule has 114 valence electrons. The van der Waals surface area contributed by atoms with Crippen molar-refractivity contribution in [1.29, 1.82) is 0 Å². The Balaban J connectivity index is 1.48. The number of hydrogen-bond acceptors (Lipinski definition) is 4. The Morgan fingerprint density at radius 3 is 2.38 bits per heavy atom. The summed E-state index contributed by atoms with van der Waals surface area (Å²) in [4.78, 5) is 18.7. The number of anilines is 2. The molecule has 1 amide bonds. The van der Waals surface area contributed by atoms with Gasteiger partial charge in [0.1, 0.15) is 0 Å². The number of likely N-dealkylation sites (N-methyl/N-ethyl adjacent to an activating group) is 1. The zero-order valence-corrected chi connectivity index (χ0v) is 12.7. The lowest BCUT2D eigenvalue weighted by Crippen LogP contribution is -2.50. The van der Waals surface area contributed by atoms with Crippen LogP contribution in [0.25, 0.3) is 0 Å². The Kier molecular flexibility index (Phi) is 4.01. The van der Waals surface area contributed by atoms with E-state index >= 15 is 0 Å². The zero-order valence-electron chi connectivity index (χ0n) is 12.7. The molecule has 0 atom stereocenters. The molecule has 0 aromatic heterocycles. The van der Waals surface area contributed by atoms with Crippen LogP contribution in [0.4, 0.5) is 11.4 Å². The highest BCUT2D eigenvalue weighted by atomic mass is 16.2. The van der Waals surface area contributed by atoms with Crippen LogP contribution in [0.2, 0.25) is 0 Å². The van der Waals surface area contributed by atoms with Crippen molar-refractivity contribution < 1.29 is 4.79 Å². The Labute approximate surface area is 126 Å². The largest absolute Gasteiger partial charge is 0.399 e. The molecule has 1 aromatic carbocycles. The molecule has 1 heterocycles. The number of amides is 1. The van der Waals surface area contributed by atoms with Gasteiger partial charge in [-0.05, 0) is 37.1 Å². The summed E-state index contributed by atoms with van der Waals surface area (Å²) < 4.78 is 0. The van der Waals surface area contributed by atoms with Crippen LogP contribution in [0.15, 0.2) is 24.3 Å². The van der Waals surface area contributed by atoms with Gasteiger partial charge in [0.25, 0.3) is 0 Å². The molecule has 0 spiro atoms. The average molecular weight is 288 g/mol. The number of nitrogen functional groups attached to an aromatic ring is 1. The topological polar surface area (TPSA) is 52.8 Å². The van der Waals surface area contributed by atoms with Gasteiger partial charge in [-0.15, -0.1) is 0 Å². The summed E-state index contributed by atoms with van der Waals surface area (Å²) >= 11 is 0. The SMILES string of the molecule is CN(C(=O)CN1CCN(c2ccc(N)cc2)CC1)C1CC1. The van der Waals surface area contributed by atoms with E-state index in [9.17, 15) is 4.79 Å². The average Bonchev–Trinajstić information content (AvgIpc) is 3.33. The van der Waals surface area contributed by atoms with Crippen molar-refractivity contribution in [3.05, 3.63) is 24.3 Å². The Morgan fingerprint density at radius 2 is 1.81 bits per heavy atom. The highest BCUT2D eigenvalue weighted by Crippen LogP contribution is 2.25. The number of piperazine rings is 1. The molecule has 1 aromatic rings. The van der Waals surface area contributed by atoms with Gasteiger partial charge in [0.15, 0.2) is 0 Å². The van der Waals surface area contributed by atoms with Gasteiger partial charge < -0.3 is 15.5 Å². The van der Waals surface area contributed by atoms with Crippen LogP contribution >= 0.6 is 0 Å². The van der Waals surface area contributed by atoms with E-state index in [2.05, 4.69) is 21.9 Å². The van der Waals surface area contributed by atoms with E-state index in [1.165, 1.54) is 18.5 Å². The Morgan fingerprint density at radius 1 is 1.19 bits per heavy atom. The summed E-state index contributed by atoms with van der Waals surface area (Å²) in [6.07, 6.45) is 2.35. The molecule has 1 saturated heterocycles. The molecule has 0 bridgehead atoms. The van der Waals surface area contributed by atoms with Crippen LogP contribution in [-0.4, -0.2) is 61.5 Å². The molecule has 5 heteroatoms. The lowest BCUT2D eigenvalue weighted by Gasteiger charge is -2.36. The van der Waals surface area contributed by atoms with Crippen LogP contribution < -0.4 is 10.6 Å². The van der Waals surface area contributed by atoms with Gasteiger partial charge in [-0.2, -0.15) is 0 Å². The van der Waals surface area contributed by atoms with Gasteiger partial charge in [0, 0.05) is 50.6 Å². The molecule has 2 fully saturated rings. The van der Waals surface area contributed by atoms with Crippen molar-refractivity contribution in [2.45, 2.75) is 18.9 Å². The summed E-state index contributed by atoms with van der Waals surface area (Å²) in [5.74, 6) is 0.262. The standard InChI is InChI=1S/C16H24N4O/c1-18(14-6-7-14)16(21)12-19-8-10-20(11-9-19)15-4-2-13(17)3-5-15/h2-5,14H,6-12,17H2,1H3. The summed E-state index contributed by atoms with van der Waals surface area (Å²) in [6, 6.07) is 8.52. The third-order valence-electron chi connectivity index (χ3n) is 4.48. The minimum Gasteiger partial charge on any atom is -0.399 e. The highest BCUT2D eigenvalue weighted by Gasteiger charge is 2.30. The first-order valence-electron chi connectivity index (χ1n) is 7.72. The van der Waals surface area contributed by atoms with Gasteiger partial charge in [-0.1, -0.05) is 0 Å². The lowest BCUT2D eigenvalue weighted by molar-refractivity contribution is -0.131. The summed E-state index contributed by atoms with van der Waals surface area (Å²) in [6.45, 7) is 4.36. The number of hydrogen-bond donors (Lipinski definition) is 1. The molecular formula is C16H24N4O. The quantitative estimate of drug-likeness (QED) is 0.840. The molecule has 0 unspecified atom stereocenters. The van der Waals surface area contributed by atoms with E-state index in [0.29, 0.717) is 12.6 Å². The lowest BCUT2D eigenvalue weighted by atomic mass is 10.2. The second-order valence-electron chi connectivity index (χ2n) is 6.09. The van der Waals surface area contributed by atoms with Crippen LogP contribution in [-0.2, 0) is 4.79 Å². The number of nitrogens with zero attached hydrogens (tertiary/aromatic N) is 3. The third-order valence-corrected chi connectivity index (χ3v) is 4.48. The van der Waals surface area contributed by atoms with Crippen molar-refractivity contribution in [2.75, 3.05) is 50.4 Å². The second-order valence-corrected chi connectivity index (χ2v) is 6.09. The molecule has 1 aliphatic carbocycles. The summed E-state index contributed by atoms with van der Waals surface area (Å²) in [7, 11) is 1.94. The number of nitrogens with two attached hydrogens (primary N) is 1. The summed E-state index contributed by atoms with van der Waals surface area (Å²) in [5.41, 5.74) is 7.73. The predicted octanol–water partition coefficient (Wildman–Crippen LogP) is 1.01. The van der Waals surface area contributed by atoms with E-state index in [1.807, 2.05) is 24.1 Å². The second kappa shape index (κ2) is 5.93. The van der Waals surface area contributed by atoms with Crippen LogP contribution in [0, 0.1) is 0 Å². The first kappa shape index (κ1) is 14.2. The molecule has 1 saturated carbocycles. The normalized spacial score (nSPS) is 19.6. The number of carbonyl (C=O) groups excluding carboxylic acids is 1. The maximum absolute atomic E-state index is 12.1. The molecule has 1 aliphatic heterocycles. The van der Waals surface area contributed by atoms with Gasteiger partial charge >= 0.3 is 0 Å². The number of rotatable bonds is 4.